The molecule has 0 aromatic rings. The number of hydrogen-bond acceptors (Lipinski definition) is 2. The Hall–Kier alpha value is -0.570. The second kappa shape index (κ2) is 7.13. The van der Waals surface area contributed by atoms with Crippen molar-refractivity contribution in [2.75, 3.05) is 19.6 Å². The molecule has 0 bridgehead atoms. The molecule has 1 fully saturated rings. The Bertz CT molecular complexity index is 263. The molecule has 0 aromatic carbocycles. The Morgan fingerprint density at radius 3 is 2.50 bits per heavy atom. The SMILES string of the molecule is CC(C)CCNC1CC(C)CN(C(=O)C(C)C)C1. The third-order valence-electron chi connectivity index (χ3n) is 3.62. The van der Waals surface area contributed by atoms with Gasteiger partial charge >= 0.3 is 0 Å². The zero-order chi connectivity index (χ0) is 13.7. The van der Waals surface area contributed by atoms with Crippen LogP contribution in [-0.4, -0.2) is 36.5 Å². The fourth-order valence-electron chi connectivity index (χ4n) is 2.62. The summed E-state index contributed by atoms with van der Waals surface area (Å²) >= 11 is 0. The monoisotopic (exact) mass is 254 g/mol. The van der Waals surface area contributed by atoms with E-state index in [0.29, 0.717) is 17.9 Å². The molecule has 3 nitrogen and oxygen atoms in total. The highest BCUT2D eigenvalue weighted by Crippen LogP contribution is 2.18. The molecule has 1 heterocycles. The molecule has 3 heteroatoms. The fourth-order valence-corrected chi connectivity index (χ4v) is 2.62. The van der Waals surface area contributed by atoms with Crippen molar-refractivity contribution >= 4 is 5.91 Å². The van der Waals surface area contributed by atoms with Gasteiger partial charge in [-0.1, -0.05) is 34.6 Å². The molecule has 0 spiro atoms. The van der Waals surface area contributed by atoms with Crippen molar-refractivity contribution in [2.45, 2.75) is 53.5 Å². The topological polar surface area (TPSA) is 32.3 Å². The van der Waals surface area contributed by atoms with Crippen molar-refractivity contribution < 1.29 is 4.79 Å². The molecule has 1 N–H and O–H groups in total. The van der Waals surface area contributed by atoms with Gasteiger partial charge in [0.05, 0.1) is 0 Å². The molecule has 1 saturated heterocycles. The predicted octanol–water partition coefficient (Wildman–Crippen LogP) is 2.52. The minimum absolute atomic E-state index is 0.117. The van der Waals surface area contributed by atoms with Gasteiger partial charge in [-0.3, -0.25) is 4.79 Å². The molecule has 0 aliphatic carbocycles. The minimum Gasteiger partial charge on any atom is -0.341 e. The van der Waals surface area contributed by atoms with Crippen LogP contribution in [0, 0.1) is 17.8 Å². The molecular weight excluding hydrogens is 224 g/mol. The summed E-state index contributed by atoms with van der Waals surface area (Å²) in [5, 5.41) is 3.61. The smallest absolute Gasteiger partial charge is 0.225 e. The highest BCUT2D eigenvalue weighted by atomic mass is 16.2. The van der Waals surface area contributed by atoms with Crippen molar-refractivity contribution in [3.8, 4) is 0 Å². The van der Waals surface area contributed by atoms with E-state index in [1.165, 1.54) is 12.8 Å². The van der Waals surface area contributed by atoms with Crippen molar-refractivity contribution in [3.05, 3.63) is 0 Å². The molecule has 0 radical (unpaired) electrons. The molecule has 2 atom stereocenters. The molecule has 1 amide bonds. The second-order valence-electron chi connectivity index (χ2n) is 6.57. The highest BCUT2D eigenvalue weighted by Gasteiger charge is 2.28. The third-order valence-corrected chi connectivity index (χ3v) is 3.62. The van der Waals surface area contributed by atoms with E-state index < -0.39 is 0 Å². The summed E-state index contributed by atoms with van der Waals surface area (Å²) in [6.07, 6.45) is 2.41. The Labute approximate surface area is 112 Å². The van der Waals surface area contributed by atoms with Gasteiger partial charge in [0, 0.05) is 25.0 Å². The standard InChI is InChI=1S/C15H30N2O/c1-11(2)6-7-16-14-8-13(5)9-17(10-14)15(18)12(3)4/h11-14,16H,6-10H2,1-5H3. The van der Waals surface area contributed by atoms with Gasteiger partial charge in [0.1, 0.15) is 0 Å². The first-order valence-electron chi connectivity index (χ1n) is 7.42. The number of hydrogen-bond donors (Lipinski definition) is 1. The summed E-state index contributed by atoms with van der Waals surface area (Å²) in [5.74, 6) is 1.77. The lowest BCUT2D eigenvalue weighted by molar-refractivity contribution is -0.136. The molecule has 1 aliphatic rings. The molecular formula is C15H30N2O. The number of likely N-dealkylation sites (tertiary alicyclic amines) is 1. The zero-order valence-corrected chi connectivity index (χ0v) is 12.7. The summed E-state index contributed by atoms with van der Waals surface area (Å²) in [6, 6.07) is 0.482. The Morgan fingerprint density at radius 2 is 1.94 bits per heavy atom. The van der Waals surface area contributed by atoms with E-state index in [4.69, 9.17) is 0 Å². The summed E-state index contributed by atoms with van der Waals surface area (Å²) in [7, 11) is 0. The van der Waals surface area contributed by atoms with Crippen molar-refractivity contribution in [3.63, 3.8) is 0 Å². The van der Waals surface area contributed by atoms with E-state index >= 15 is 0 Å². The molecule has 0 aromatic heterocycles. The van der Waals surface area contributed by atoms with E-state index in [-0.39, 0.29) is 5.92 Å². The maximum absolute atomic E-state index is 12.1. The van der Waals surface area contributed by atoms with Gasteiger partial charge < -0.3 is 10.2 Å². The van der Waals surface area contributed by atoms with Crippen LogP contribution in [0.15, 0.2) is 0 Å². The third kappa shape index (κ3) is 4.97. The van der Waals surface area contributed by atoms with Gasteiger partial charge in [0.15, 0.2) is 0 Å². The van der Waals surface area contributed by atoms with Crippen LogP contribution in [-0.2, 0) is 4.79 Å². The average molecular weight is 254 g/mol. The number of amides is 1. The van der Waals surface area contributed by atoms with Crippen LogP contribution in [0.5, 0.6) is 0 Å². The number of piperidine rings is 1. The molecule has 2 unspecified atom stereocenters. The van der Waals surface area contributed by atoms with E-state index in [2.05, 4.69) is 26.1 Å². The number of nitrogens with one attached hydrogen (secondary N) is 1. The molecule has 1 aliphatic heterocycles. The van der Waals surface area contributed by atoms with Crippen molar-refractivity contribution in [2.24, 2.45) is 17.8 Å². The van der Waals surface area contributed by atoms with Gasteiger partial charge in [0.25, 0.3) is 0 Å². The van der Waals surface area contributed by atoms with Crippen molar-refractivity contribution in [1.29, 1.82) is 0 Å². The predicted molar refractivity (Wildman–Crippen MR) is 76.4 cm³/mol. The van der Waals surface area contributed by atoms with E-state index in [9.17, 15) is 4.79 Å². The molecule has 18 heavy (non-hydrogen) atoms. The lowest BCUT2D eigenvalue weighted by Crippen LogP contribution is -2.52. The summed E-state index contributed by atoms with van der Waals surface area (Å²) in [6.45, 7) is 13.6. The Morgan fingerprint density at radius 1 is 1.28 bits per heavy atom. The number of carbonyl (C=O) groups is 1. The Kier molecular flexibility index (Phi) is 6.13. The van der Waals surface area contributed by atoms with Crippen LogP contribution in [0.4, 0.5) is 0 Å². The van der Waals surface area contributed by atoms with Gasteiger partial charge in [-0.15, -0.1) is 0 Å². The summed E-state index contributed by atoms with van der Waals surface area (Å²) in [5.41, 5.74) is 0. The Balaban J connectivity index is 2.43. The first-order valence-corrected chi connectivity index (χ1v) is 7.42. The van der Waals surface area contributed by atoms with E-state index in [0.717, 1.165) is 25.6 Å². The quantitative estimate of drug-likeness (QED) is 0.817. The lowest BCUT2D eigenvalue weighted by Gasteiger charge is -2.38. The summed E-state index contributed by atoms with van der Waals surface area (Å²) < 4.78 is 0. The van der Waals surface area contributed by atoms with Crippen LogP contribution < -0.4 is 5.32 Å². The highest BCUT2D eigenvalue weighted by molar-refractivity contribution is 5.78. The van der Waals surface area contributed by atoms with Gasteiger partial charge in [-0.25, -0.2) is 0 Å². The number of carbonyl (C=O) groups excluding carboxylic acids is 1. The molecule has 106 valence electrons. The maximum atomic E-state index is 12.1. The average Bonchev–Trinajstić information content (AvgIpc) is 2.26. The van der Waals surface area contributed by atoms with Gasteiger partial charge in [-0.2, -0.15) is 0 Å². The summed E-state index contributed by atoms with van der Waals surface area (Å²) in [4.78, 5) is 14.1. The van der Waals surface area contributed by atoms with Crippen LogP contribution >= 0.6 is 0 Å². The van der Waals surface area contributed by atoms with Gasteiger partial charge in [-0.05, 0) is 31.2 Å². The van der Waals surface area contributed by atoms with Crippen LogP contribution in [0.1, 0.15) is 47.5 Å². The molecule has 0 saturated carbocycles. The van der Waals surface area contributed by atoms with Crippen LogP contribution in [0.2, 0.25) is 0 Å². The van der Waals surface area contributed by atoms with E-state index in [1.54, 1.807) is 0 Å². The number of rotatable bonds is 5. The minimum atomic E-state index is 0.117. The molecule has 1 rings (SSSR count). The largest absolute Gasteiger partial charge is 0.341 e. The zero-order valence-electron chi connectivity index (χ0n) is 12.7. The lowest BCUT2D eigenvalue weighted by atomic mass is 9.94. The fraction of sp³-hybridized carbons (Fsp3) is 0.933. The van der Waals surface area contributed by atoms with Gasteiger partial charge in [0.2, 0.25) is 5.91 Å². The van der Waals surface area contributed by atoms with E-state index in [1.807, 2.05) is 18.7 Å². The second-order valence-corrected chi connectivity index (χ2v) is 6.57. The van der Waals surface area contributed by atoms with Crippen molar-refractivity contribution in [1.82, 2.24) is 10.2 Å². The maximum Gasteiger partial charge on any atom is 0.225 e. The van der Waals surface area contributed by atoms with Crippen LogP contribution in [0.25, 0.3) is 0 Å². The normalized spacial score (nSPS) is 24.9. The first kappa shape index (κ1) is 15.5. The first-order chi connectivity index (χ1) is 8.40. The van der Waals surface area contributed by atoms with Crippen LogP contribution in [0.3, 0.4) is 0 Å². The number of nitrogens with zero attached hydrogens (tertiary/aromatic N) is 1.